The molecule has 4 heteroatoms. The van der Waals surface area contributed by atoms with Gasteiger partial charge in [0.25, 0.3) is 0 Å². The van der Waals surface area contributed by atoms with Crippen LogP contribution in [0.15, 0.2) is 231 Å². The fourth-order valence-electron chi connectivity index (χ4n) is 13.2. The van der Waals surface area contributed by atoms with Gasteiger partial charge in [0.1, 0.15) is 0 Å². The molecule has 6 aromatic heterocycles. The summed E-state index contributed by atoms with van der Waals surface area (Å²) in [7, 11) is 0. The Bertz CT molecular complexity index is 4690. The summed E-state index contributed by atoms with van der Waals surface area (Å²) in [4.78, 5) is 0. The van der Waals surface area contributed by atoms with Gasteiger partial charge in [-0.05, 0) is 71.8 Å². The van der Waals surface area contributed by atoms with Crippen molar-refractivity contribution in [2.24, 2.45) is 0 Å². The highest BCUT2D eigenvalue weighted by molar-refractivity contribution is 6.43. The number of hydrogen-bond acceptors (Lipinski definition) is 0. The summed E-state index contributed by atoms with van der Waals surface area (Å²) in [6.07, 6.45) is 0. The molecule has 70 heavy (non-hydrogen) atoms. The molecule has 0 bridgehead atoms. The topological polar surface area (TPSA) is 18.7 Å². The van der Waals surface area contributed by atoms with Crippen LogP contribution in [0.5, 0.6) is 0 Å². The highest BCUT2D eigenvalue weighted by Gasteiger charge is 2.33. The van der Waals surface area contributed by atoms with Gasteiger partial charge in [-0.3, -0.25) is 0 Å². The van der Waals surface area contributed by atoms with Crippen molar-refractivity contribution in [2.45, 2.75) is 0 Å². The Kier molecular flexibility index (Phi) is 6.92. The van der Waals surface area contributed by atoms with E-state index in [1.54, 1.807) is 0 Å². The Balaban J connectivity index is 1.22. The van der Waals surface area contributed by atoms with E-state index in [1.165, 1.54) is 142 Å². The van der Waals surface area contributed by atoms with E-state index in [4.69, 9.17) is 0 Å². The zero-order chi connectivity index (χ0) is 45.3. The number of benzene rings is 11. The fraction of sp³-hybridized carbons (Fsp3) is 0. The van der Waals surface area contributed by atoms with E-state index >= 15 is 0 Å². The van der Waals surface area contributed by atoms with Crippen molar-refractivity contribution in [3.05, 3.63) is 231 Å². The van der Waals surface area contributed by atoms with Gasteiger partial charge in [0.2, 0.25) is 0 Å². The van der Waals surface area contributed by atoms with Gasteiger partial charge in [-0.1, -0.05) is 170 Å². The van der Waals surface area contributed by atoms with Crippen molar-refractivity contribution in [2.75, 3.05) is 0 Å². The fourth-order valence-corrected chi connectivity index (χ4v) is 13.2. The Hall–Kier alpha value is -9.38. The van der Waals surface area contributed by atoms with Gasteiger partial charge in [0, 0.05) is 87.1 Å². The van der Waals surface area contributed by atoms with Crippen molar-refractivity contribution < 1.29 is 0 Å². The van der Waals surface area contributed by atoms with E-state index in [9.17, 15) is 0 Å². The van der Waals surface area contributed by atoms with Crippen LogP contribution >= 0.6 is 0 Å². The third kappa shape index (κ3) is 4.39. The lowest BCUT2D eigenvalue weighted by Gasteiger charge is -2.16. The molecule has 322 valence electrons. The molecule has 0 saturated heterocycles. The minimum absolute atomic E-state index is 1.16. The number of fused-ring (bicyclic) bond motifs is 20. The summed E-state index contributed by atoms with van der Waals surface area (Å²) in [5.41, 5.74) is 19.5. The molecule has 0 amide bonds. The van der Waals surface area contributed by atoms with Gasteiger partial charge in [0.15, 0.2) is 0 Å². The summed E-state index contributed by atoms with van der Waals surface area (Å²) < 4.78 is 10.3. The van der Waals surface area contributed by atoms with E-state index in [0.29, 0.717) is 0 Å². The molecule has 17 rings (SSSR count). The molecule has 0 spiro atoms. The number of hydrogen-bond donors (Lipinski definition) is 0. The molecule has 0 aliphatic heterocycles. The maximum atomic E-state index is 2.65. The Morgan fingerprint density at radius 1 is 0.214 bits per heavy atom. The summed E-state index contributed by atoms with van der Waals surface area (Å²) in [5, 5.41) is 15.2. The molecule has 0 N–H and O–H groups in total. The standard InChI is InChI=1S/C66H38N4/c1-5-21-39(22-6-1)55-57-49-37-47-43-29-13-17-33-51(43)67(41-25-9-3-10-26-41)61(47)59-46-32-16-20-36-54(46)70(63(49)59)66(57)56(40-23-7-2-8-24-40)58-50-38-48-44-30-14-18-34-52(44)68(42-27-11-4-12-28-42)62(48)60-45-31-15-19-35-53(45)69(64(50)60)65(55)58/h1-38H. The molecular weight excluding hydrogens is 849 g/mol. The van der Waals surface area contributed by atoms with Crippen LogP contribution in [-0.4, -0.2) is 17.9 Å². The van der Waals surface area contributed by atoms with Gasteiger partial charge in [-0.2, -0.15) is 0 Å². The second kappa shape index (κ2) is 13.2. The molecule has 11 aromatic carbocycles. The van der Waals surface area contributed by atoms with Crippen LogP contribution in [0.2, 0.25) is 0 Å². The predicted molar refractivity (Wildman–Crippen MR) is 295 cm³/mol. The highest BCUT2D eigenvalue weighted by Crippen LogP contribution is 2.57. The monoisotopic (exact) mass is 886 g/mol. The zero-order valence-electron chi connectivity index (χ0n) is 37.7. The largest absolute Gasteiger partial charge is 0.309 e. The molecule has 0 fully saturated rings. The van der Waals surface area contributed by atoms with Gasteiger partial charge >= 0.3 is 0 Å². The maximum Gasteiger partial charge on any atom is 0.0642 e. The minimum Gasteiger partial charge on any atom is -0.309 e. The van der Waals surface area contributed by atoms with Crippen molar-refractivity contribution >= 4 is 120 Å². The summed E-state index contributed by atoms with van der Waals surface area (Å²) in [5.74, 6) is 0. The second-order valence-electron chi connectivity index (χ2n) is 19.1. The first-order valence-electron chi connectivity index (χ1n) is 24.3. The lowest BCUT2D eigenvalue weighted by Crippen LogP contribution is -1.94. The SMILES string of the molecule is c1ccc(-c2c3c4cc5c6ccccc6n(-c6ccccc6)c5c5c6ccccc6n(c3c(-c3ccccc3)c3c6cc7c8ccccc8n(-c8ccccc8)c7c7c8ccccc8n(c23)c67)c45)cc1. The molecule has 0 unspecified atom stereocenters. The van der Waals surface area contributed by atoms with Gasteiger partial charge in [-0.15, -0.1) is 0 Å². The van der Waals surface area contributed by atoms with Crippen LogP contribution in [0, 0.1) is 0 Å². The maximum absolute atomic E-state index is 2.65. The molecule has 0 aliphatic rings. The van der Waals surface area contributed by atoms with Crippen LogP contribution in [0.4, 0.5) is 0 Å². The smallest absolute Gasteiger partial charge is 0.0642 e. The summed E-state index contributed by atoms with van der Waals surface area (Å²) in [6, 6.07) is 85.7. The summed E-state index contributed by atoms with van der Waals surface area (Å²) >= 11 is 0. The zero-order valence-corrected chi connectivity index (χ0v) is 37.7. The molecule has 4 nitrogen and oxygen atoms in total. The molecule has 0 radical (unpaired) electrons. The van der Waals surface area contributed by atoms with Gasteiger partial charge in [0.05, 0.1) is 55.2 Å². The molecular formula is C66H38N4. The molecule has 0 saturated carbocycles. The van der Waals surface area contributed by atoms with E-state index in [-0.39, 0.29) is 0 Å². The van der Waals surface area contributed by atoms with Crippen molar-refractivity contribution in [1.29, 1.82) is 0 Å². The average Bonchev–Trinajstić information content (AvgIpc) is 4.27. The van der Waals surface area contributed by atoms with Crippen LogP contribution in [0.25, 0.3) is 153 Å². The third-order valence-electron chi connectivity index (χ3n) is 15.7. The Labute approximate surface area is 400 Å². The first-order valence-corrected chi connectivity index (χ1v) is 24.3. The van der Waals surface area contributed by atoms with E-state index in [2.05, 4.69) is 248 Å². The van der Waals surface area contributed by atoms with Gasteiger partial charge in [-0.25, -0.2) is 0 Å². The van der Waals surface area contributed by atoms with E-state index < -0.39 is 0 Å². The molecule has 17 aromatic rings. The van der Waals surface area contributed by atoms with E-state index in [1.807, 2.05) is 0 Å². The minimum atomic E-state index is 1.16. The highest BCUT2D eigenvalue weighted by atomic mass is 15.0. The average molecular weight is 887 g/mol. The quantitative estimate of drug-likeness (QED) is 0.168. The third-order valence-corrected chi connectivity index (χ3v) is 15.7. The van der Waals surface area contributed by atoms with Crippen molar-refractivity contribution in [3.63, 3.8) is 0 Å². The molecule has 6 heterocycles. The van der Waals surface area contributed by atoms with Crippen LogP contribution < -0.4 is 0 Å². The number of nitrogens with zero attached hydrogens (tertiary/aromatic N) is 4. The Morgan fingerprint density at radius 3 is 0.943 bits per heavy atom. The van der Waals surface area contributed by atoms with Crippen molar-refractivity contribution in [3.8, 4) is 33.6 Å². The molecule has 0 atom stereocenters. The second-order valence-corrected chi connectivity index (χ2v) is 19.1. The first-order chi connectivity index (χ1) is 34.8. The predicted octanol–water partition coefficient (Wildman–Crippen LogP) is 17.5. The van der Waals surface area contributed by atoms with Crippen molar-refractivity contribution in [1.82, 2.24) is 17.9 Å². The lowest BCUT2D eigenvalue weighted by atomic mass is 9.89. The Morgan fingerprint density at radius 2 is 0.543 bits per heavy atom. The molecule has 0 aliphatic carbocycles. The number of aromatic nitrogens is 4. The summed E-state index contributed by atoms with van der Waals surface area (Å²) in [6.45, 7) is 0. The first kappa shape index (κ1) is 36.7. The number of rotatable bonds is 4. The van der Waals surface area contributed by atoms with Crippen LogP contribution in [0.3, 0.4) is 0 Å². The van der Waals surface area contributed by atoms with Crippen LogP contribution in [-0.2, 0) is 0 Å². The van der Waals surface area contributed by atoms with Crippen LogP contribution in [0.1, 0.15) is 0 Å². The van der Waals surface area contributed by atoms with E-state index in [0.717, 1.165) is 11.4 Å². The van der Waals surface area contributed by atoms with Gasteiger partial charge < -0.3 is 17.9 Å². The lowest BCUT2D eigenvalue weighted by molar-refractivity contribution is 1.19. The number of para-hydroxylation sites is 6. The normalized spacial score (nSPS) is 12.6.